The number of fused-ring (bicyclic) bond motifs is 5. The fourth-order valence-corrected chi connectivity index (χ4v) is 8.31. The SMILES string of the molecule is c1ccc2c(-c3ccc4c(c3)-c3cccc5c3c(cc3ccccc35)O4)c(-c3ccc4ccc5cccc6ccc3c4c56)ccc2c1. The van der Waals surface area contributed by atoms with Crippen LogP contribution in [-0.4, -0.2) is 0 Å². The minimum atomic E-state index is 0.897. The van der Waals surface area contributed by atoms with Gasteiger partial charge in [0, 0.05) is 10.9 Å². The zero-order chi connectivity index (χ0) is 30.6. The van der Waals surface area contributed by atoms with Crippen LogP contribution in [0, 0.1) is 0 Å². The van der Waals surface area contributed by atoms with E-state index in [-0.39, 0.29) is 0 Å². The lowest BCUT2D eigenvalue weighted by Gasteiger charge is -2.24. The minimum Gasteiger partial charge on any atom is -0.456 e. The summed E-state index contributed by atoms with van der Waals surface area (Å²) in [7, 11) is 0. The first-order valence-corrected chi connectivity index (χ1v) is 16.3. The van der Waals surface area contributed by atoms with Crippen LogP contribution < -0.4 is 4.74 Å². The Hall–Kier alpha value is -6.18. The topological polar surface area (TPSA) is 9.23 Å². The molecule has 1 heterocycles. The maximum absolute atomic E-state index is 6.67. The van der Waals surface area contributed by atoms with Crippen LogP contribution in [0.25, 0.3) is 98.0 Å². The van der Waals surface area contributed by atoms with Gasteiger partial charge < -0.3 is 4.74 Å². The number of hydrogen-bond acceptors (Lipinski definition) is 1. The van der Waals surface area contributed by atoms with Crippen molar-refractivity contribution in [2.75, 3.05) is 0 Å². The fraction of sp³-hybridized carbons (Fsp3) is 0. The van der Waals surface area contributed by atoms with Crippen LogP contribution in [0.3, 0.4) is 0 Å². The second-order valence-electron chi connectivity index (χ2n) is 12.8. The second-order valence-corrected chi connectivity index (χ2v) is 12.8. The molecule has 0 aliphatic carbocycles. The van der Waals surface area contributed by atoms with Gasteiger partial charge in [0.05, 0.1) is 0 Å². The smallest absolute Gasteiger partial charge is 0.136 e. The van der Waals surface area contributed by atoms with E-state index >= 15 is 0 Å². The van der Waals surface area contributed by atoms with Gasteiger partial charge in [-0.1, -0.05) is 140 Å². The average molecular weight is 595 g/mol. The molecular weight excluding hydrogens is 569 g/mol. The molecule has 0 saturated carbocycles. The van der Waals surface area contributed by atoms with Gasteiger partial charge >= 0.3 is 0 Å². The summed E-state index contributed by atoms with van der Waals surface area (Å²) in [6.45, 7) is 0. The van der Waals surface area contributed by atoms with Crippen molar-refractivity contribution in [2.24, 2.45) is 0 Å². The molecule has 10 aromatic carbocycles. The largest absolute Gasteiger partial charge is 0.456 e. The summed E-state index contributed by atoms with van der Waals surface area (Å²) in [6, 6.07) is 57.9. The molecule has 0 bridgehead atoms. The summed E-state index contributed by atoms with van der Waals surface area (Å²) < 4.78 is 6.67. The molecule has 10 aromatic rings. The lowest BCUT2D eigenvalue weighted by atomic mass is 9.84. The van der Waals surface area contributed by atoms with Crippen molar-refractivity contribution >= 4 is 64.6 Å². The van der Waals surface area contributed by atoms with Gasteiger partial charge in [0.15, 0.2) is 0 Å². The minimum absolute atomic E-state index is 0.897. The molecule has 1 aliphatic rings. The van der Waals surface area contributed by atoms with Crippen molar-refractivity contribution in [3.05, 3.63) is 158 Å². The predicted molar refractivity (Wildman–Crippen MR) is 199 cm³/mol. The molecule has 0 atom stereocenters. The Balaban J connectivity index is 1.20. The van der Waals surface area contributed by atoms with Crippen LogP contribution >= 0.6 is 0 Å². The van der Waals surface area contributed by atoms with E-state index in [1.807, 2.05) is 0 Å². The molecular formula is C46H26O. The third-order valence-corrected chi connectivity index (χ3v) is 10.4. The quantitative estimate of drug-likeness (QED) is 0.181. The normalized spacial score (nSPS) is 12.4. The Morgan fingerprint density at radius 1 is 0.298 bits per heavy atom. The van der Waals surface area contributed by atoms with Gasteiger partial charge in [-0.15, -0.1) is 0 Å². The van der Waals surface area contributed by atoms with E-state index in [1.165, 1.54) is 92.5 Å². The van der Waals surface area contributed by atoms with Crippen LogP contribution in [0.1, 0.15) is 0 Å². The van der Waals surface area contributed by atoms with Gasteiger partial charge in [0.25, 0.3) is 0 Å². The van der Waals surface area contributed by atoms with Crippen LogP contribution in [0.4, 0.5) is 0 Å². The summed E-state index contributed by atoms with van der Waals surface area (Å²) in [6.07, 6.45) is 0. The third-order valence-electron chi connectivity index (χ3n) is 10.4. The highest BCUT2D eigenvalue weighted by Crippen LogP contribution is 2.51. The van der Waals surface area contributed by atoms with Crippen molar-refractivity contribution in [1.82, 2.24) is 0 Å². The lowest BCUT2D eigenvalue weighted by molar-refractivity contribution is 0.488. The molecule has 0 aromatic heterocycles. The Bertz CT molecular complexity index is 2910. The van der Waals surface area contributed by atoms with E-state index in [0.29, 0.717) is 0 Å². The molecule has 0 saturated heterocycles. The zero-order valence-electron chi connectivity index (χ0n) is 25.4. The lowest BCUT2D eigenvalue weighted by Crippen LogP contribution is -1.98. The van der Waals surface area contributed by atoms with E-state index in [9.17, 15) is 0 Å². The molecule has 0 amide bonds. The number of ether oxygens (including phenoxy) is 1. The van der Waals surface area contributed by atoms with E-state index < -0.39 is 0 Å². The number of rotatable bonds is 2. The Morgan fingerprint density at radius 3 is 1.85 bits per heavy atom. The van der Waals surface area contributed by atoms with Crippen LogP contribution in [0.15, 0.2) is 158 Å². The van der Waals surface area contributed by atoms with E-state index in [0.717, 1.165) is 17.1 Å². The summed E-state index contributed by atoms with van der Waals surface area (Å²) in [5.41, 5.74) is 7.27. The molecule has 0 N–H and O–H groups in total. The van der Waals surface area contributed by atoms with Gasteiger partial charge in [-0.2, -0.15) is 0 Å². The molecule has 0 radical (unpaired) electrons. The predicted octanol–water partition coefficient (Wildman–Crippen LogP) is 13.2. The molecule has 1 nitrogen and oxygen atoms in total. The average Bonchev–Trinajstić information content (AvgIpc) is 3.13. The highest BCUT2D eigenvalue weighted by atomic mass is 16.5. The van der Waals surface area contributed by atoms with Crippen LogP contribution in [0.2, 0.25) is 0 Å². The molecule has 47 heavy (non-hydrogen) atoms. The molecule has 1 aliphatic heterocycles. The van der Waals surface area contributed by atoms with E-state index in [4.69, 9.17) is 4.74 Å². The van der Waals surface area contributed by atoms with Gasteiger partial charge in [-0.3, -0.25) is 0 Å². The van der Waals surface area contributed by atoms with Gasteiger partial charge in [0.2, 0.25) is 0 Å². The first-order chi connectivity index (χ1) is 23.3. The molecule has 1 heteroatoms. The summed E-state index contributed by atoms with van der Waals surface area (Å²) in [4.78, 5) is 0. The highest BCUT2D eigenvalue weighted by Gasteiger charge is 2.23. The zero-order valence-corrected chi connectivity index (χ0v) is 25.4. The van der Waals surface area contributed by atoms with Gasteiger partial charge in [-0.05, 0) is 105 Å². The van der Waals surface area contributed by atoms with Crippen LogP contribution in [0.5, 0.6) is 11.5 Å². The van der Waals surface area contributed by atoms with Crippen molar-refractivity contribution in [2.45, 2.75) is 0 Å². The van der Waals surface area contributed by atoms with Crippen molar-refractivity contribution in [3.8, 4) is 44.9 Å². The van der Waals surface area contributed by atoms with Crippen LogP contribution in [-0.2, 0) is 0 Å². The molecule has 0 fully saturated rings. The summed E-state index contributed by atoms with van der Waals surface area (Å²) in [5.74, 6) is 1.82. The first-order valence-electron chi connectivity index (χ1n) is 16.3. The summed E-state index contributed by atoms with van der Waals surface area (Å²) in [5, 5.41) is 15.2. The maximum atomic E-state index is 6.67. The van der Waals surface area contributed by atoms with Crippen molar-refractivity contribution in [1.29, 1.82) is 0 Å². The number of benzene rings is 10. The fourth-order valence-electron chi connectivity index (χ4n) is 8.31. The Kier molecular flexibility index (Phi) is 4.90. The monoisotopic (exact) mass is 594 g/mol. The van der Waals surface area contributed by atoms with E-state index in [2.05, 4.69) is 158 Å². The van der Waals surface area contributed by atoms with Crippen molar-refractivity contribution < 1.29 is 4.74 Å². The van der Waals surface area contributed by atoms with Gasteiger partial charge in [-0.25, -0.2) is 0 Å². The summed E-state index contributed by atoms with van der Waals surface area (Å²) >= 11 is 0. The van der Waals surface area contributed by atoms with Crippen molar-refractivity contribution in [3.63, 3.8) is 0 Å². The molecule has 0 unspecified atom stereocenters. The maximum Gasteiger partial charge on any atom is 0.136 e. The van der Waals surface area contributed by atoms with E-state index in [1.54, 1.807) is 0 Å². The Labute approximate surface area is 271 Å². The van der Waals surface area contributed by atoms with Gasteiger partial charge in [0.1, 0.15) is 11.5 Å². The Morgan fingerprint density at radius 2 is 0.957 bits per heavy atom. The molecule has 11 rings (SSSR count). The third kappa shape index (κ3) is 3.43. The first kappa shape index (κ1) is 25.1. The number of hydrogen-bond donors (Lipinski definition) is 0. The second kappa shape index (κ2) is 9.19. The molecule has 216 valence electrons. The molecule has 0 spiro atoms. The highest BCUT2D eigenvalue weighted by molar-refractivity contribution is 6.26. The standard InChI is InChI=1S/C46H26O/c1-4-12-34-27(7-1)17-22-38(35-21-18-30-16-15-28-9-5-10-29-19-23-39(35)45(30)43(28)29)44(34)32-20-24-41-40(25-32)37-14-6-13-36-33-11-3-2-8-31(33)26-42(47-41)46(36)37/h1-26H.